The van der Waals surface area contributed by atoms with Gasteiger partial charge < -0.3 is 9.84 Å². The van der Waals surface area contributed by atoms with Crippen molar-refractivity contribution in [3.8, 4) is 0 Å². The van der Waals surface area contributed by atoms with E-state index >= 15 is 0 Å². The number of carbonyl (C=O) groups is 1. The summed E-state index contributed by atoms with van der Waals surface area (Å²) in [7, 11) is -3.64. The molecule has 0 radical (unpaired) electrons. The summed E-state index contributed by atoms with van der Waals surface area (Å²) in [6.07, 6.45) is 8.25. The summed E-state index contributed by atoms with van der Waals surface area (Å²) in [4.78, 5) is 24.8. The molecular weight excluding hydrogens is 492 g/mol. The minimum atomic E-state index is -3.64. The Morgan fingerprint density at radius 3 is 2.46 bits per heavy atom. The second-order valence-corrected chi connectivity index (χ2v) is 15.2. The highest BCUT2D eigenvalue weighted by Crippen LogP contribution is 2.72. The molecule has 37 heavy (non-hydrogen) atoms. The van der Waals surface area contributed by atoms with Crippen molar-refractivity contribution in [1.29, 1.82) is 0 Å². The molecule has 0 bridgehead atoms. The monoisotopic (exact) mass is 540 g/mol. The van der Waals surface area contributed by atoms with Crippen LogP contribution in [-0.2, 0) is 14.8 Å². The molecule has 10 atom stereocenters. The van der Waals surface area contributed by atoms with E-state index in [0.717, 1.165) is 57.8 Å². The number of nitrogens with zero attached hydrogens (tertiary/aromatic N) is 1. The Morgan fingerprint density at radius 2 is 1.81 bits per heavy atom. The van der Waals surface area contributed by atoms with Crippen LogP contribution >= 0.6 is 0 Å². The molecule has 1 unspecified atom stereocenters. The summed E-state index contributed by atoms with van der Waals surface area (Å²) in [5.74, 6) is 2.14. The molecule has 0 saturated heterocycles. The van der Waals surface area contributed by atoms with Gasteiger partial charge in [-0.3, -0.25) is 0 Å². The lowest BCUT2D eigenvalue weighted by atomic mass is 9.40. The predicted octanol–water partition coefficient (Wildman–Crippen LogP) is 5.63. The van der Waals surface area contributed by atoms with E-state index in [9.17, 15) is 23.2 Å². The molecule has 8 nitrogen and oxygen atoms in total. The number of aliphatic hydroxyl groups is 1. The average molecular weight is 541 g/mol. The van der Waals surface area contributed by atoms with Gasteiger partial charge in [-0.2, -0.15) is 4.91 Å². The zero-order valence-electron chi connectivity index (χ0n) is 23.4. The highest BCUT2D eigenvalue weighted by Gasteiger charge is 2.70. The zero-order valence-corrected chi connectivity index (χ0v) is 24.2. The lowest BCUT2D eigenvalue weighted by Gasteiger charge is -2.65. The summed E-state index contributed by atoms with van der Waals surface area (Å²) >= 11 is 0. The van der Waals surface area contributed by atoms with E-state index in [2.05, 4.69) is 32.9 Å². The van der Waals surface area contributed by atoms with Crippen molar-refractivity contribution < 1.29 is 23.1 Å². The minimum Gasteiger partial charge on any atom is -0.449 e. The second-order valence-electron chi connectivity index (χ2n) is 13.2. The molecule has 9 heteroatoms. The summed E-state index contributed by atoms with van der Waals surface area (Å²) in [6.45, 7) is 10.8. The smallest absolute Gasteiger partial charge is 0.420 e. The van der Waals surface area contributed by atoms with E-state index in [1.807, 2.05) is 4.72 Å². The molecule has 0 spiro atoms. The predicted molar refractivity (Wildman–Crippen MR) is 143 cm³/mol. The van der Waals surface area contributed by atoms with Crippen LogP contribution in [0.2, 0.25) is 0 Å². The number of rotatable bonds is 8. The maximum Gasteiger partial charge on any atom is 0.420 e. The first kappa shape index (κ1) is 28.8. The Labute approximate surface area is 223 Å². The van der Waals surface area contributed by atoms with Gasteiger partial charge in [-0.1, -0.05) is 39.3 Å². The molecule has 0 aromatic carbocycles. The summed E-state index contributed by atoms with van der Waals surface area (Å²) in [6, 6.07) is 0. The zero-order chi connectivity index (χ0) is 27.2. The fraction of sp³-hybridized carbons (Fsp3) is 0.964. The van der Waals surface area contributed by atoms with Gasteiger partial charge in [-0.05, 0) is 111 Å². The molecule has 4 rings (SSSR count). The Hall–Kier alpha value is -1.22. The van der Waals surface area contributed by atoms with Crippen LogP contribution in [0.4, 0.5) is 4.79 Å². The third-order valence-electron chi connectivity index (χ3n) is 11.9. The van der Waals surface area contributed by atoms with Crippen molar-refractivity contribution in [3.63, 3.8) is 0 Å². The third-order valence-corrected chi connectivity index (χ3v) is 13.1. The van der Waals surface area contributed by atoms with Crippen molar-refractivity contribution in [2.24, 2.45) is 51.5 Å². The summed E-state index contributed by atoms with van der Waals surface area (Å²) < 4.78 is 30.3. The fourth-order valence-electron chi connectivity index (χ4n) is 9.82. The number of hydrogen-bond acceptors (Lipinski definition) is 7. The molecule has 4 aliphatic carbocycles. The molecule has 0 heterocycles. The van der Waals surface area contributed by atoms with E-state index in [4.69, 9.17) is 4.74 Å². The average Bonchev–Trinajstić information content (AvgIpc) is 3.17. The van der Waals surface area contributed by atoms with Gasteiger partial charge in [-0.15, -0.1) is 0 Å². The van der Waals surface area contributed by atoms with Crippen LogP contribution in [0.25, 0.3) is 0 Å². The largest absolute Gasteiger partial charge is 0.449 e. The molecule has 0 aromatic heterocycles. The summed E-state index contributed by atoms with van der Waals surface area (Å²) in [5, 5.41) is 14.6. The van der Waals surface area contributed by atoms with E-state index < -0.39 is 21.7 Å². The molecule has 4 fully saturated rings. The van der Waals surface area contributed by atoms with Crippen molar-refractivity contribution in [2.45, 2.75) is 110 Å². The van der Waals surface area contributed by atoms with E-state index in [1.54, 1.807) is 0 Å². The molecule has 4 saturated carbocycles. The quantitative estimate of drug-likeness (QED) is 0.385. The normalized spacial score (nSPS) is 44.2. The maximum atomic E-state index is 12.9. The van der Waals surface area contributed by atoms with Gasteiger partial charge in [-0.25, -0.2) is 17.9 Å². The Bertz CT molecular complexity index is 974. The van der Waals surface area contributed by atoms with Crippen LogP contribution in [0.5, 0.6) is 0 Å². The van der Waals surface area contributed by atoms with E-state index in [1.165, 1.54) is 6.92 Å². The number of nitroso groups, excluding NO2 is 1. The number of hydrogen-bond donors (Lipinski definition) is 2. The number of fused-ring (bicyclic) bond motifs is 5. The molecule has 212 valence electrons. The Balaban J connectivity index is 1.50. The van der Waals surface area contributed by atoms with Crippen LogP contribution in [-0.4, -0.2) is 43.6 Å². The van der Waals surface area contributed by atoms with Gasteiger partial charge in [0.25, 0.3) is 0 Å². The van der Waals surface area contributed by atoms with Crippen LogP contribution < -0.4 is 4.72 Å². The molecule has 2 N–H and O–H groups in total. The van der Waals surface area contributed by atoms with Crippen LogP contribution in [0.3, 0.4) is 0 Å². The maximum absolute atomic E-state index is 12.9. The first-order valence-electron chi connectivity index (χ1n) is 14.6. The van der Waals surface area contributed by atoms with Crippen LogP contribution in [0.15, 0.2) is 5.18 Å². The first-order chi connectivity index (χ1) is 17.4. The Kier molecular flexibility index (Phi) is 8.09. The first-order valence-corrected chi connectivity index (χ1v) is 16.2. The van der Waals surface area contributed by atoms with Crippen molar-refractivity contribution in [3.05, 3.63) is 4.91 Å². The number of carbonyl (C=O) groups excluding carboxylic acids is 1. The fourth-order valence-corrected chi connectivity index (χ4v) is 10.3. The van der Waals surface area contributed by atoms with Crippen LogP contribution in [0, 0.1) is 51.2 Å². The molecule has 4 aliphatic rings. The summed E-state index contributed by atoms with van der Waals surface area (Å²) in [5.41, 5.74) is -0.607. The minimum absolute atomic E-state index is 0.145. The van der Waals surface area contributed by atoms with E-state index in [0.29, 0.717) is 30.1 Å². The van der Waals surface area contributed by atoms with Crippen LogP contribution in [0.1, 0.15) is 98.8 Å². The van der Waals surface area contributed by atoms with Crippen molar-refractivity contribution in [2.75, 3.05) is 12.4 Å². The van der Waals surface area contributed by atoms with Gasteiger partial charge in [0.1, 0.15) is 5.54 Å². The number of nitrogens with one attached hydrogen (secondary N) is 1. The van der Waals surface area contributed by atoms with Gasteiger partial charge in [0.15, 0.2) is 0 Å². The number of aliphatic hydroxyl groups excluding tert-OH is 1. The third kappa shape index (κ3) is 4.74. The lowest BCUT2D eigenvalue weighted by Crippen LogP contribution is -2.63. The lowest BCUT2D eigenvalue weighted by molar-refractivity contribution is -0.160. The number of amides is 1. The van der Waals surface area contributed by atoms with Gasteiger partial charge in [0, 0.05) is 0 Å². The SMILES string of the molecule is CC[C@H]1C[C@@H]2[C@H](CC[C@]3(C)C([C@H](C)CCOC(=O)NS(=O)(=O)CC)CC[C@@]23N=O)[C@@]2(C)CC[C@@H](O)C[C@@H]12. The van der Waals surface area contributed by atoms with E-state index in [-0.39, 0.29) is 41.1 Å². The molecule has 0 aromatic rings. The molecular formula is C28H48N2O6S. The second kappa shape index (κ2) is 10.4. The number of ether oxygens (including phenoxy) is 1. The Morgan fingerprint density at radius 1 is 1.08 bits per heavy atom. The number of sulfonamides is 1. The standard InChI is InChI=1S/C28H48N2O6S/c1-6-19-16-24-22(26(4)12-8-20(31)17-23(19)26)9-13-27(5)21(10-14-28(24,27)30-33)18(3)11-15-36-25(32)29-37(34,35)7-2/h18-24,31H,6-17H2,1-5H3,(H,29,32)/t18-,19+,20-,21?,22+,23+,24-,26-,27-,28-/m1/s1. The van der Waals surface area contributed by atoms with Gasteiger partial charge in [0.05, 0.1) is 18.5 Å². The highest BCUT2D eigenvalue weighted by atomic mass is 32.2. The topological polar surface area (TPSA) is 122 Å². The van der Waals surface area contributed by atoms with Gasteiger partial charge in [0.2, 0.25) is 10.0 Å². The molecule has 0 aliphatic heterocycles. The molecule has 1 amide bonds. The van der Waals surface area contributed by atoms with Crippen molar-refractivity contribution >= 4 is 16.1 Å². The highest BCUT2D eigenvalue weighted by molar-refractivity contribution is 7.89. The van der Waals surface area contributed by atoms with Crippen molar-refractivity contribution in [1.82, 2.24) is 4.72 Å². The van der Waals surface area contributed by atoms with Gasteiger partial charge >= 0.3 is 6.09 Å².